The molecule has 6 heteroatoms. The van der Waals surface area contributed by atoms with Gasteiger partial charge in [-0.3, -0.25) is 0 Å². The van der Waals surface area contributed by atoms with Crippen LogP contribution in [0, 0.1) is 0 Å². The number of carboxylic acids is 2. The van der Waals surface area contributed by atoms with E-state index in [2.05, 4.69) is 0 Å². The van der Waals surface area contributed by atoms with E-state index in [0.717, 1.165) is 0 Å². The van der Waals surface area contributed by atoms with Gasteiger partial charge in [-0.2, -0.15) is 0 Å². The molecule has 0 aliphatic heterocycles. The van der Waals surface area contributed by atoms with E-state index in [1.54, 1.807) is 13.8 Å². The quantitative estimate of drug-likeness (QED) is 0.607. The molecule has 82 valence electrons. The number of hydrogen-bond acceptors (Lipinski definition) is 4. The summed E-state index contributed by atoms with van der Waals surface area (Å²) in [6.45, 7) is 2.41. The molecular weight excluding hydrogens is 192 g/mol. The third-order valence-corrected chi connectivity index (χ3v) is 1.60. The lowest BCUT2D eigenvalue weighted by molar-refractivity contribution is -0.153. The van der Waals surface area contributed by atoms with Crippen molar-refractivity contribution < 1.29 is 29.3 Å². The molecule has 0 aliphatic rings. The van der Waals surface area contributed by atoms with Gasteiger partial charge in [0.2, 0.25) is 0 Å². The lowest BCUT2D eigenvalue weighted by atomic mass is 10.2. The Bertz CT molecular complexity index is 180. The minimum Gasteiger partial charge on any atom is -0.480 e. The first kappa shape index (κ1) is 12.9. The van der Waals surface area contributed by atoms with Crippen molar-refractivity contribution in [1.82, 2.24) is 0 Å². The summed E-state index contributed by atoms with van der Waals surface area (Å²) in [6.07, 6.45) is -0.907. The van der Waals surface area contributed by atoms with Gasteiger partial charge in [0.05, 0.1) is 12.2 Å². The number of ether oxygens (including phenoxy) is 2. The standard InChI is InChI=1S/C8H14O6/c1-5(13-3-7(9)10)6(2)14-4-8(11)12/h5-6H,3-4H2,1-2H3,(H,9,10)(H,11,12). The van der Waals surface area contributed by atoms with Gasteiger partial charge in [-0.15, -0.1) is 0 Å². The molecule has 0 radical (unpaired) electrons. The molecule has 0 heterocycles. The van der Waals surface area contributed by atoms with Gasteiger partial charge in [-0.25, -0.2) is 9.59 Å². The summed E-state index contributed by atoms with van der Waals surface area (Å²) in [7, 11) is 0. The predicted octanol–water partition coefficient (Wildman–Crippen LogP) is -0.0342. The first-order valence-electron chi connectivity index (χ1n) is 4.10. The topological polar surface area (TPSA) is 93.1 Å². The minimum atomic E-state index is -1.07. The van der Waals surface area contributed by atoms with E-state index in [4.69, 9.17) is 19.7 Å². The maximum absolute atomic E-state index is 10.1. The molecule has 0 amide bonds. The smallest absolute Gasteiger partial charge is 0.329 e. The highest BCUT2D eigenvalue weighted by Crippen LogP contribution is 2.02. The fourth-order valence-electron chi connectivity index (χ4n) is 0.676. The van der Waals surface area contributed by atoms with Crippen LogP contribution in [0.3, 0.4) is 0 Å². The van der Waals surface area contributed by atoms with Gasteiger partial charge in [0.15, 0.2) is 0 Å². The number of hydrogen-bond donors (Lipinski definition) is 2. The molecule has 0 rings (SSSR count). The Balaban J connectivity index is 3.69. The summed E-state index contributed by atoms with van der Waals surface area (Å²) < 4.78 is 9.76. The van der Waals surface area contributed by atoms with Crippen LogP contribution in [0.5, 0.6) is 0 Å². The Morgan fingerprint density at radius 2 is 1.29 bits per heavy atom. The minimum absolute atomic E-state index is 0.415. The van der Waals surface area contributed by atoms with E-state index in [-0.39, 0.29) is 0 Å². The lowest BCUT2D eigenvalue weighted by Crippen LogP contribution is -2.30. The molecule has 0 bridgehead atoms. The van der Waals surface area contributed by atoms with Crippen molar-refractivity contribution in [3.8, 4) is 0 Å². The van der Waals surface area contributed by atoms with E-state index in [1.807, 2.05) is 0 Å². The van der Waals surface area contributed by atoms with Crippen LogP contribution < -0.4 is 0 Å². The molecule has 14 heavy (non-hydrogen) atoms. The second-order valence-electron chi connectivity index (χ2n) is 2.82. The highest BCUT2D eigenvalue weighted by atomic mass is 16.6. The molecular formula is C8H14O6. The molecule has 6 nitrogen and oxygen atoms in total. The van der Waals surface area contributed by atoms with Crippen LogP contribution >= 0.6 is 0 Å². The van der Waals surface area contributed by atoms with Crippen molar-refractivity contribution in [2.75, 3.05) is 13.2 Å². The van der Waals surface area contributed by atoms with Crippen LogP contribution in [0.2, 0.25) is 0 Å². The highest BCUT2D eigenvalue weighted by Gasteiger charge is 2.15. The van der Waals surface area contributed by atoms with Crippen molar-refractivity contribution in [3.63, 3.8) is 0 Å². The maximum atomic E-state index is 10.1. The number of aliphatic carboxylic acids is 2. The van der Waals surface area contributed by atoms with Gasteiger partial charge in [0, 0.05) is 0 Å². The first-order chi connectivity index (χ1) is 6.43. The number of carboxylic acid groups (broad SMARTS) is 2. The molecule has 0 aliphatic carbocycles. The molecule has 0 aromatic rings. The van der Waals surface area contributed by atoms with Gasteiger partial charge in [-0.05, 0) is 13.8 Å². The zero-order valence-corrected chi connectivity index (χ0v) is 8.10. The van der Waals surface area contributed by atoms with Crippen molar-refractivity contribution in [2.24, 2.45) is 0 Å². The van der Waals surface area contributed by atoms with Gasteiger partial charge in [0.1, 0.15) is 13.2 Å². The van der Waals surface area contributed by atoms with Crippen molar-refractivity contribution in [1.29, 1.82) is 0 Å². The third kappa shape index (κ3) is 6.38. The molecule has 0 saturated heterocycles. The van der Waals surface area contributed by atoms with Crippen LogP contribution in [0.4, 0.5) is 0 Å². The summed E-state index contributed by atoms with van der Waals surface area (Å²) >= 11 is 0. The van der Waals surface area contributed by atoms with E-state index in [1.165, 1.54) is 0 Å². The monoisotopic (exact) mass is 206 g/mol. The van der Waals surface area contributed by atoms with Crippen molar-refractivity contribution >= 4 is 11.9 Å². The van der Waals surface area contributed by atoms with Gasteiger partial charge >= 0.3 is 11.9 Å². The predicted molar refractivity (Wildman–Crippen MR) is 46.1 cm³/mol. The SMILES string of the molecule is CC(OCC(=O)O)C(C)OCC(=O)O. The first-order valence-corrected chi connectivity index (χ1v) is 4.10. The average Bonchev–Trinajstić information content (AvgIpc) is 2.09. The van der Waals surface area contributed by atoms with Crippen LogP contribution in [-0.4, -0.2) is 47.6 Å². The average molecular weight is 206 g/mol. The van der Waals surface area contributed by atoms with Crippen LogP contribution in [0.25, 0.3) is 0 Å². The summed E-state index contributed by atoms with van der Waals surface area (Å²) in [5, 5.41) is 16.6. The largest absolute Gasteiger partial charge is 0.480 e. The normalized spacial score (nSPS) is 14.7. The molecule has 2 N–H and O–H groups in total. The van der Waals surface area contributed by atoms with Crippen molar-refractivity contribution in [3.05, 3.63) is 0 Å². The van der Waals surface area contributed by atoms with Gasteiger partial charge < -0.3 is 19.7 Å². The van der Waals surface area contributed by atoms with Gasteiger partial charge in [-0.1, -0.05) is 0 Å². The third-order valence-electron chi connectivity index (χ3n) is 1.60. The van der Waals surface area contributed by atoms with E-state index < -0.39 is 37.4 Å². The van der Waals surface area contributed by atoms with E-state index in [9.17, 15) is 9.59 Å². The number of rotatable bonds is 7. The second-order valence-corrected chi connectivity index (χ2v) is 2.82. The zero-order chi connectivity index (χ0) is 11.1. The lowest BCUT2D eigenvalue weighted by Gasteiger charge is -2.19. The maximum Gasteiger partial charge on any atom is 0.329 e. The summed E-state index contributed by atoms with van der Waals surface area (Å²) in [5.74, 6) is -2.13. The van der Waals surface area contributed by atoms with Crippen molar-refractivity contribution in [2.45, 2.75) is 26.1 Å². The van der Waals surface area contributed by atoms with Crippen LogP contribution in [-0.2, 0) is 19.1 Å². The fourth-order valence-corrected chi connectivity index (χ4v) is 0.676. The molecule has 0 fully saturated rings. The van der Waals surface area contributed by atoms with Crippen LogP contribution in [0.1, 0.15) is 13.8 Å². The second kappa shape index (κ2) is 6.33. The molecule has 2 unspecified atom stereocenters. The number of carbonyl (C=O) groups is 2. The van der Waals surface area contributed by atoms with Crippen LogP contribution in [0.15, 0.2) is 0 Å². The molecule has 0 aromatic heterocycles. The molecule has 2 atom stereocenters. The summed E-state index contributed by atoms with van der Waals surface area (Å²) in [4.78, 5) is 20.3. The molecule has 0 aromatic carbocycles. The molecule has 0 spiro atoms. The molecule has 0 saturated carbocycles. The highest BCUT2D eigenvalue weighted by molar-refractivity contribution is 5.68. The Hall–Kier alpha value is -1.14. The Morgan fingerprint density at radius 1 is 1.00 bits per heavy atom. The van der Waals surface area contributed by atoms with E-state index >= 15 is 0 Å². The Labute approximate surface area is 81.4 Å². The Morgan fingerprint density at radius 3 is 1.50 bits per heavy atom. The summed E-state index contributed by atoms with van der Waals surface area (Å²) in [5.41, 5.74) is 0. The van der Waals surface area contributed by atoms with E-state index in [0.29, 0.717) is 0 Å². The zero-order valence-electron chi connectivity index (χ0n) is 8.10. The summed E-state index contributed by atoms with van der Waals surface area (Å²) in [6, 6.07) is 0. The van der Waals surface area contributed by atoms with Gasteiger partial charge in [0.25, 0.3) is 0 Å². The Kier molecular flexibility index (Phi) is 5.82. The fraction of sp³-hybridized carbons (Fsp3) is 0.750.